The minimum atomic E-state index is 0.156. The number of anilines is 2. The molecule has 1 aliphatic carbocycles. The normalized spacial score (nSPS) is 24.3. The van der Waals surface area contributed by atoms with Crippen molar-refractivity contribution >= 4 is 11.4 Å². The molecule has 4 aromatic rings. The number of aromatic nitrogens is 2. The van der Waals surface area contributed by atoms with E-state index >= 15 is 0 Å². The lowest BCUT2D eigenvalue weighted by molar-refractivity contribution is -0.769. The van der Waals surface area contributed by atoms with E-state index in [0.717, 1.165) is 11.4 Å². The number of nitrogens with two attached hydrogens (primary N) is 2. The molecule has 0 fully saturated rings. The predicted octanol–water partition coefficient (Wildman–Crippen LogP) is 3.21. The Hall–Kier alpha value is -3.66. The van der Waals surface area contributed by atoms with E-state index < -0.39 is 0 Å². The Balaban J connectivity index is 1.68. The van der Waals surface area contributed by atoms with Crippen LogP contribution in [0.2, 0.25) is 0 Å². The molecule has 0 radical (unpaired) electrons. The molecule has 0 saturated heterocycles. The monoisotopic (exact) mass is 390 g/mol. The van der Waals surface area contributed by atoms with Gasteiger partial charge in [-0.2, -0.15) is 9.13 Å². The van der Waals surface area contributed by atoms with Crippen LogP contribution in [0.3, 0.4) is 0 Å². The first-order valence-electron chi connectivity index (χ1n) is 10.5. The summed E-state index contributed by atoms with van der Waals surface area (Å²) in [6, 6.07) is 26.5. The minimum Gasteiger partial charge on any atom is -0.399 e. The third-order valence-corrected chi connectivity index (χ3v) is 7.24. The van der Waals surface area contributed by atoms with Gasteiger partial charge >= 0.3 is 0 Å². The molecule has 2 aromatic heterocycles. The molecule has 4 heteroatoms. The van der Waals surface area contributed by atoms with Gasteiger partial charge in [0, 0.05) is 46.8 Å². The molecule has 4 atom stereocenters. The zero-order chi connectivity index (χ0) is 20.0. The van der Waals surface area contributed by atoms with Crippen molar-refractivity contribution in [3.05, 3.63) is 119 Å². The van der Waals surface area contributed by atoms with Crippen LogP contribution in [0, 0.1) is 0 Å². The van der Waals surface area contributed by atoms with Gasteiger partial charge in [-0.25, -0.2) is 0 Å². The Morgan fingerprint density at radius 2 is 1.00 bits per heavy atom. The van der Waals surface area contributed by atoms with Crippen molar-refractivity contribution in [1.82, 2.24) is 0 Å². The maximum atomic E-state index is 6.30. The van der Waals surface area contributed by atoms with Crippen molar-refractivity contribution in [3.8, 4) is 0 Å². The van der Waals surface area contributed by atoms with Crippen LogP contribution in [0.15, 0.2) is 85.2 Å². The van der Waals surface area contributed by atoms with Gasteiger partial charge < -0.3 is 11.5 Å². The highest BCUT2D eigenvalue weighted by atomic mass is 15.1. The quantitative estimate of drug-likeness (QED) is 0.358. The summed E-state index contributed by atoms with van der Waals surface area (Å²) in [4.78, 5) is 0. The maximum Gasteiger partial charge on any atom is 0.200 e. The Kier molecular flexibility index (Phi) is 2.95. The Morgan fingerprint density at radius 3 is 1.47 bits per heavy atom. The van der Waals surface area contributed by atoms with Crippen LogP contribution < -0.4 is 20.6 Å². The summed E-state index contributed by atoms with van der Waals surface area (Å²) >= 11 is 0. The molecule has 10 rings (SSSR count). The van der Waals surface area contributed by atoms with E-state index in [9.17, 15) is 0 Å². The van der Waals surface area contributed by atoms with E-state index in [1.807, 2.05) is 12.1 Å². The van der Waals surface area contributed by atoms with Gasteiger partial charge in [-0.3, -0.25) is 0 Å². The summed E-state index contributed by atoms with van der Waals surface area (Å²) in [6.45, 7) is 0. The van der Waals surface area contributed by atoms with Gasteiger partial charge in [-0.05, 0) is 35.4 Å². The highest BCUT2D eigenvalue weighted by Gasteiger charge is 2.58. The van der Waals surface area contributed by atoms with Crippen LogP contribution in [-0.2, 0) is 0 Å². The smallest absolute Gasteiger partial charge is 0.200 e. The lowest BCUT2D eigenvalue weighted by Crippen LogP contribution is -2.62. The van der Waals surface area contributed by atoms with Crippen molar-refractivity contribution in [2.45, 2.75) is 23.9 Å². The predicted molar refractivity (Wildman–Crippen MR) is 115 cm³/mol. The Morgan fingerprint density at radius 1 is 0.533 bits per heavy atom. The molecule has 5 aliphatic heterocycles. The molecular formula is C26H22N4+2. The third-order valence-electron chi connectivity index (χ3n) is 7.24. The SMILES string of the molecule is Nc1ccc2c(c1)C1c3cccc[n+]3C2C2c3cc(N)ccc3C1[n+]1ccccc12. The summed E-state index contributed by atoms with van der Waals surface area (Å²) in [6.07, 6.45) is 4.48. The number of hydrogen-bond acceptors (Lipinski definition) is 2. The molecule has 4 nitrogen and oxygen atoms in total. The number of nitrogen functional groups attached to an aromatic ring is 2. The van der Waals surface area contributed by atoms with Gasteiger partial charge in [0.2, 0.25) is 12.1 Å². The zero-order valence-electron chi connectivity index (χ0n) is 16.4. The van der Waals surface area contributed by atoms with Gasteiger partial charge in [-0.15, -0.1) is 0 Å². The molecular weight excluding hydrogens is 368 g/mol. The molecule has 4 unspecified atom stereocenters. The van der Waals surface area contributed by atoms with Gasteiger partial charge in [-0.1, -0.05) is 24.3 Å². The van der Waals surface area contributed by atoms with Crippen LogP contribution in [0.4, 0.5) is 11.4 Å². The molecule has 0 spiro atoms. The van der Waals surface area contributed by atoms with Gasteiger partial charge in [0.15, 0.2) is 23.8 Å². The van der Waals surface area contributed by atoms with Gasteiger partial charge in [0.1, 0.15) is 11.8 Å². The van der Waals surface area contributed by atoms with E-state index in [0.29, 0.717) is 0 Å². The Bertz CT molecular complexity index is 1250. The zero-order valence-corrected chi connectivity index (χ0v) is 16.4. The summed E-state index contributed by atoms with van der Waals surface area (Å²) in [5.74, 6) is 0.353. The number of hydrogen-bond donors (Lipinski definition) is 2. The average molecular weight is 390 g/mol. The standard InChI is InChI=1S/C26H22N4/c27-15-7-9-17-19(13-15)23-21-5-1-3-11-29(21)26(17)24-20-14-16(28)8-10-18(20)25(23)30-12-4-2-6-22(24)30/h1-14,23-26H,27-28H2/q+2. The van der Waals surface area contributed by atoms with E-state index in [2.05, 4.69) is 82.2 Å². The van der Waals surface area contributed by atoms with Crippen molar-refractivity contribution in [1.29, 1.82) is 0 Å². The molecule has 144 valence electrons. The second-order valence-electron chi connectivity index (χ2n) is 8.69. The van der Waals surface area contributed by atoms with Crippen LogP contribution >= 0.6 is 0 Å². The summed E-state index contributed by atoms with van der Waals surface area (Å²) < 4.78 is 4.98. The summed E-state index contributed by atoms with van der Waals surface area (Å²) in [5, 5.41) is 0. The lowest BCUT2D eigenvalue weighted by atomic mass is 9.65. The van der Waals surface area contributed by atoms with Gasteiger partial charge in [0.05, 0.1) is 0 Å². The maximum absolute atomic E-state index is 6.30. The van der Waals surface area contributed by atoms with Crippen LogP contribution in [0.5, 0.6) is 0 Å². The molecule has 0 amide bonds. The molecule has 30 heavy (non-hydrogen) atoms. The van der Waals surface area contributed by atoms with Crippen molar-refractivity contribution in [3.63, 3.8) is 0 Å². The summed E-state index contributed by atoms with van der Waals surface area (Å²) in [5.41, 5.74) is 22.4. The summed E-state index contributed by atoms with van der Waals surface area (Å²) in [7, 11) is 0. The highest BCUT2D eigenvalue weighted by molar-refractivity contribution is 5.57. The number of rotatable bonds is 0. The molecule has 6 aliphatic rings. The van der Waals surface area contributed by atoms with Crippen molar-refractivity contribution < 1.29 is 9.13 Å². The van der Waals surface area contributed by atoms with Crippen molar-refractivity contribution in [2.75, 3.05) is 11.5 Å². The fourth-order valence-electron chi connectivity index (χ4n) is 6.20. The van der Waals surface area contributed by atoms with Gasteiger partial charge in [0.25, 0.3) is 0 Å². The molecule has 4 N–H and O–H groups in total. The fourth-order valence-corrected chi connectivity index (χ4v) is 6.20. The number of benzene rings is 2. The van der Waals surface area contributed by atoms with E-state index in [1.165, 1.54) is 33.6 Å². The first-order valence-corrected chi connectivity index (χ1v) is 10.5. The molecule has 4 bridgehead atoms. The molecule has 7 heterocycles. The lowest BCUT2D eigenvalue weighted by Gasteiger charge is -2.42. The van der Waals surface area contributed by atoms with Crippen LogP contribution in [-0.4, -0.2) is 0 Å². The Labute approximate surface area is 175 Å². The largest absolute Gasteiger partial charge is 0.399 e. The third kappa shape index (κ3) is 1.86. The second-order valence-corrected chi connectivity index (χ2v) is 8.69. The fraction of sp³-hybridized carbons (Fsp3) is 0.154. The van der Waals surface area contributed by atoms with E-state index in [4.69, 9.17) is 11.5 Å². The second kappa shape index (κ2) is 5.48. The highest BCUT2D eigenvalue weighted by Crippen LogP contribution is 2.54. The topological polar surface area (TPSA) is 59.8 Å². The first kappa shape index (κ1) is 16.2. The minimum absolute atomic E-state index is 0.156. The van der Waals surface area contributed by atoms with Crippen LogP contribution in [0.25, 0.3) is 0 Å². The number of pyridine rings is 2. The molecule has 2 aromatic carbocycles. The van der Waals surface area contributed by atoms with Crippen LogP contribution in [0.1, 0.15) is 57.6 Å². The average Bonchev–Trinajstić information content (AvgIpc) is 2.75. The van der Waals surface area contributed by atoms with E-state index in [1.54, 1.807) is 0 Å². The molecule has 0 saturated carbocycles. The first-order chi connectivity index (χ1) is 14.7. The van der Waals surface area contributed by atoms with Crippen molar-refractivity contribution in [2.24, 2.45) is 0 Å². The van der Waals surface area contributed by atoms with E-state index in [-0.39, 0.29) is 23.9 Å². The number of nitrogens with zero attached hydrogens (tertiary/aromatic N) is 2.